The maximum absolute atomic E-state index is 13.1. The first-order chi connectivity index (χ1) is 14.4. The maximum Gasteiger partial charge on any atom is 0.349 e. The highest BCUT2D eigenvalue weighted by Gasteiger charge is 2.44. The molecule has 0 aliphatic carbocycles. The molecule has 0 saturated heterocycles. The molecule has 0 spiro atoms. The first-order valence-electron chi connectivity index (χ1n) is 10.9. The van der Waals surface area contributed by atoms with Crippen LogP contribution in [0.1, 0.15) is 69.7 Å². The summed E-state index contributed by atoms with van der Waals surface area (Å²) in [5.74, 6) is -0.153. The third kappa shape index (κ3) is 5.20. The topological polar surface area (TPSA) is 46.5 Å². The van der Waals surface area contributed by atoms with Gasteiger partial charge in [-0.05, 0) is 83.2 Å². The molecule has 1 aromatic heterocycles. The Morgan fingerprint density at radius 1 is 1.23 bits per heavy atom. The van der Waals surface area contributed by atoms with Crippen LogP contribution < -0.4 is 0 Å². The smallest absolute Gasteiger partial charge is 0.349 e. The minimum absolute atomic E-state index is 0.0717. The monoisotopic (exact) mass is 458 g/mol. The van der Waals surface area contributed by atoms with Crippen molar-refractivity contribution in [1.29, 1.82) is 0 Å². The van der Waals surface area contributed by atoms with E-state index in [-0.39, 0.29) is 17.1 Å². The summed E-state index contributed by atoms with van der Waals surface area (Å²) in [6.07, 6.45) is 1.89. The van der Waals surface area contributed by atoms with Crippen molar-refractivity contribution in [3.63, 3.8) is 0 Å². The minimum atomic E-state index is -0.677. The highest BCUT2D eigenvalue weighted by Crippen LogP contribution is 2.45. The van der Waals surface area contributed by atoms with Crippen molar-refractivity contribution < 1.29 is 14.6 Å². The first-order valence-corrected chi connectivity index (χ1v) is 12.6. The molecule has 0 fully saturated rings. The Labute approximate surface area is 194 Å². The standard InChI is InChI=1S/C26H34O3S2/c1-16(2)26(10-8-19-9-11-30-15-19)14-21(27)23(24(28)29-26)31-22-13-18(4)17(3)12-20(22)25(5,6)7/h9,11-13,15-16,27H,8,10,14H2,1-7H3. The summed E-state index contributed by atoms with van der Waals surface area (Å²) in [4.78, 5) is 14.5. The van der Waals surface area contributed by atoms with Crippen LogP contribution in [0, 0.1) is 19.8 Å². The average Bonchev–Trinajstić information content (AvgIpc) is 3.18. The number of thioether (sulfide) groups is 1. The van der Waals surface area contributed by atoms with Crippen molar-refractivity contribution in [2.24, 2.45) is 5.92 Å². The number of benzene rings is 1. The lowest BCUT2D eigenvalue weighted by Crippen LogP contribution is -2.44. The van der Waals surface area contributed by atoms with Crippen molar-refractivity contribution >= 4 is 29.1 Å². The number of thiophene rings is 1. The van der Waals surface area contributed by atoms with Crippen LogP contribution in [0.3, 0.4) is 0 Å². The van der Waals surface area contributed by atoms with E-state index in [4.69, 9.17) is 4.74 Å². The van der Waals surface area contributed by atoms with Gasteiger partial charge in [-0.3, -0.25) is 0 Å². The molecule has 1 N–H and O–H groups in total. The van der Waals surface area contributed by atoms with Crippen LogP contribution in [0.15, 0.2) is 44.5 Å². The Kier molecular flexibility index (Phi) is 6.97. The lowest BCUT2D eigenvalue weighted by Gasteiger charge is -2.40. The molecule has 2 heterocycles. The van der Waals surface area contributed by atoms with E-state index in [0.29, 0.717) is 17.7 Å². The van der Waals surface area contributed by atoms with Gasteiger partial charge in [0, 0.05) is 11.3 Å². The van der Waals surface area contributed by atoms with E-state index in [9.17, 15) is 9.90 Å². The van der Waals surface area contributed by atoms with Gasteiger partial charge in [0.25, 0.3) is 0 Å². The molecule has 0 bridgehead atoms. The Morgan fingerprint density at radius 3 is 2.45 bits per heavy atom. The van der Waals surface area contributed by atoms with Gasteiger partial charge in [0.05, 0.1) is 0 Å². The fourth-order valence-corrected chi connectivity index (χ4v) is 5.91. The van der Waals surface area contributed by atoms with Gasteiger partial charge in [-0.2, -0.15) is 11.3 Å². The number of aliphatic hydroxyl groups is 1. The number of esters is 1. The molecule has 2 aromatic rings. The highest BCUT2D eigenvalue weighted by molar-refractivity contribution is 8.04. The number of rotatable bonds is 6. The first kappa shape index (κ1) is 23.9. The molecule has 1 unspecified atom stereocenters. The maximum atomic E-state index is 13.1. The molecular formula is C26H34O3S2. The quantitative estimate of drug-likeness (QED) is 0.455. The molecule has 3 rings (SSSR count). The number of cyclic esters (lactones) is 1. The molecule has 0 saturated carbocycles. The van der Waals surface area contributed by atoms with Gasteiger partial charge in [-0.1, -0.05) is 52.4 Å². The van der Waals surface area contributed by atoms with Gasteiger partial charge in [0.1, 0.15) is 16.3 Å². The van der Waals surface area contributed by atoms with E-state index >= 15 is 0 Å². The fourth-order valence-electron chi connectivity index (χ4n) is 3.96. The normalized spacial score (nSPS) is 19.8. The van der Waals surface area contributed by atoms with E-state index in [2.05, 4.69) is 77.4 Å². The van der Waals surface area contributed by atoms with E-state index in [0.717, 1.165) is 11.3 Å². The van der Waals surface area contributed by atoms with E-state index in [1.165, 1.54) is 34.0 Å². The molecule has 3 nitrogen and oxygen atoms in total. The molecule has 1 aromatic carbocycles. The Balaban J connectivity index is 1.92. The number of ether oxygens (including phenoxy) is 1. The Morgan fingerprint density at radius 2 is 1.90 bits per heavy atom. The zero-order valence-electron chi connectivity index (χ0n) is 19.7. The highest BCUT2D eigenvalue weighted by atomic mass is 32.2. The van der Waals surface area contributed by atoms with Gasteiger partial charge in [-0.15, -0.1) is 0 Å². The van der Waals surface area contributed by atoms with Gasteiger partial charge in [-0.25, -0.2) is 4.79 Å². The molecule has 0 radical (unpaired) electrons. The number of hydrogen-bond donors (Lipinski definition) is 1. The van der Waals surface area contributed by atoms with Crippen molar-refractivity contribution in [1.82, 2.24) is 0 Å². The summed E-state index contributed by atoms with van der Waals surface area (Å²) in [5.41, 5.74) is 4.07. The number of hydrogen-bond acceptors (Lipinski definition) is 5. The predicted molar refractivity (Wildman–Crippen MR) is 131 cm³/mol. The second kappa shape index (κ2) is 9.03. The zero-order valence-corrected chi connectivity index (χ0v) is 21.3. The summed E-state index contributed by atoms with van der Waals surface area (Å²) < 4.78 is 6.09. The van der Waals surface area contributed by atoms with Crippen LogP contribution in [0.25, 0.3) is 0 Å². The number of carbonyl (C=O) groups is 1. The lowest BCUT2D eigenvalue weighted by atomic mass is 9.80. The van der Waals surface area contributed by atoms with Gasteiger partial charge in [0.15, 0.2) is 0 Å². The molecule has 1 atom stereocenters. The van der Waals surface area contributed by atoms with E-state index < -0.39 is 11.6 Å². The largest absolute Gasteiger partial charge is 0.511 e. The molecule has 5 heteroatoms. The second-order valence-electron chi connectivity index (χ2n) is 9.98. The molecular weight excluding hydrogens is 424 g/mol. The van der Waals surface area contributed by atoms with Crippen LogP contribution in [-0.4, -0.2) is 16.7 Å². The summed E-state index contributed by atoms with van der Waals surface area (Å²) in [6.45, 7) is 14.8. The van der Waals surface area contributed by atoms with Gasteiger partial charge >= 0.3 is 5.97 Å². The minimum Gasteiger partial charge on any atom is -0.511 e. The molecule has 1 aliphatic heterocycles. The molecule has 168 valence electrons. The number of aliphatic hydroxyl groups excluding tert-OH is 1. The van der Waals surface area contributed by atoms with Crippen molar-refractivity contribution in [2.45, 2.75) is 83.6 Å². The van der Waals surface area contributed by atoms with Gasteiger partial charge in [0.2, 0.25) is 0 Å². The third-order valence-corrected chi connectivity index (χ3v) is 8.19. The zero-order chi connectivity index (χ0) is 23.0. The predicted octanol–water partition coefficient (Wildman–Crippen LogP) is 7.50. The van der Waals surface area contributed by atoms with Crippen LogP contribution in [-0.2, 0) is 21.4 Å². The van der Waals surface area contributed by atoms with Crippen LogP contribution in [0.2, 0.25) is 0 Å². The molecule has 31 heavy (non-hydrogen) atoms. The van der Waals surface area contributed by atoms with Crippen molar-refractivity contribution in [3.8, 4) is 0 Å². The average molecular weight is 459 g/mol. The second-order valence-corrected chi connectivity index (χ2v) is 11.8. The number of aryl methyl sites for hydroxylation is 3. The van der Waals surface area contributed by atoms with Crippen LogP contribution in [0.4, 0.5) is 0 Å². The molecule has 1 aliphatic rings. The van der Waals surface area contributed by atoms with Crippen molar-refractivity contribution in [3.05, 3.63) is 61.9 Å². The summed E-state index contributed by atoms with van der Waals surface area (Å²) in [6, 6.07) is 6.42. The Bertz CT molecular complexity index is 981. The van der Waals surface area contributed by atoms with Crippen molar-refractivity contribution in [2.75, 3.05) is 0 Å². The summed E-state index contributed by atoms with van der Waals surface area (Å²) >= 11 is 3.01. The lowest BCUT2D eigenvalue weighted by molar-refractivity contribution is -0.164. The SMILES string of the molecule is Cc1cc(SC2=C(O)CC(CCc3ccsc3)(C(C)C)OC2=O)c(C(C)(C)C)cc1C. The van der Waals surface area contributed by atoms with E-state index in [1.807, 2.05) is 0 Å². The summed E-state index contributed by atoms with van der Waals surface area (Å²) in [5, 5.41) is 15.2. The van der Waals surface area contributed by atoms with Crippen LogP contribution in [0.5, 0.6) is 0 Å². The summed E-state index contributed by atoms with van der Waals surface area (Å²) in [7, 11) is 0. The van der Waals surface area contributed by atoms with Gasteiger partial charge < -0.3 is 9.84 Å². The number of carbonyl (C=O) groups excluding carboxylic acids is 1. The Hall–Kier alpha value is -1.72. The van der Waals surface area contributed by atoms with E-state index in [1.54, 1.807) is 11.3 Å². The van der Waals surface area contributed by atoms with Crippen LogP contribution >= 0.6 is 23.1 Å². The molecule has 0 amide bonds. The third-order valence-electron chi connectivity index (χ3n) is 6.30. The fraction of sp³-hybridized carbons (Fsp3) is 0.500.